The summed E-state index contributed by atoms with van der Waals surface area (Å²) in [6, 6.07) is 9.07. The number of benzene rings is 1. The first-order valence-electron chi connectivity index (χ1n) is 9.55. The van der Waals surface area contributed by atoms with E-state index in [1.165, 1.54) is 0 Å². The van der Waals surface area contributed by atoms with Crippen molar-refractivity contribution in [2.45, 2.75) is 83.7 Å². The SMILES string of the molecule is CC(C)(C)OC(=O)/C=C/C(F)(F)C(Cc1ccccc1)O[Si](C)(C)C(C)(C)C. The van der Waals surface area contributed by atoms with E-state index >= 15 is 8.78 Å². The average Bonchev–Trinajstić information content (AvgIpc) is 2.50. The Kier molecular flexibility index (Phi) is 7.76. The standard InChI is InChI=1S/C22H34F2O3Si/c1-20(2,3)26-19(25)14-15-22(23,24)18(16-17-12-10-9-11-13-17)27-28(7,8)21(4,5)6/h9-15,18H,16H2,1-8H3/b15-14+. The lowest BCUT2D eigenvalue weighted by Crippen LogP contribution is -2.49. The highest BCUT2D eigenvalue weighted by molar-refractivity contribution is 6.74. The third kappa shape index (κ3) is 7.84. The van der Waals surface area contributed by atoms with Crippen LogP contribution in [0.5, 0.6) is 0 Å². The topological polar surface area (TPSA) is 35.5 Å². The van der Waals surface area contributed by atoms with E-state index in [9.17, 15) is 4.79 Å². The summed E-state index contributed by atoms with van der Waals surface area (Å²) >= 11 is 0. The van der Waals surface area contributed by atoms with Gasteiger partial charge in [0.05, 0.1) is 0 Å². The predicted molar refractivity (Wildman–Crippen MR) is 112 cm³/mol. The van der Waals surface area contributed by atoms with Crippen LogP contribution in [0.25, 0.3) is 0 Å². The van der Waals surface area contributed by atoms with Crippen LogP contribution in [0, 0.1) is 0 Å². The van der Waals surface area contributed by atoms with Crippen molar-refractivity contribution < 1.29 is 22.7 Å². The van der Waals surface area contributed by atoms with Crippen LogP contribution in [-0.4, -0.2) is 31.9 Å². The van der Waals surface area contributed by atoms with Crippen molar-refractivity contribution in [3.8, 4) is 0 Å². The smallest absolute Gasteiger partial charge is 0.331 e. The van der Waals surface area contributed by atoms with Gasteiger partial charge in [-0.2, -0.15) is 8.78 Å². The molecule has 6 heteroatoms. The Labute approximate surface area is 169 Å². The minimum absolute atomic E-state index is 0.0546. The Morgan fingerprint density at radius 3 is 2.07 bits per heavy atom. The molecular weight excluding hydrogens is 378 g/mol. The van der Waals surface area contributed by atoms with Gasteiger partial charge in [-0.25, -0.2) is 4.79 Å². The van der Waals surface area contributed by atoms with Gasteiger partial charge in [-0.1, -0.05) is 51.1 Å². The number of carbonyl (C=O) groups is 1. The molecule has 1 unspecified atom stereocenters. The Morgan fingerprint density at radius 1 is 1.07 bits per heavy atom. The van der Waals surface area contributed by atoms with Gasteiger partial charge in [0.15, 0.2) is 8.32 Å². The molecule has 0 amide bonds. The number of hydrogen-bond acceptors (Lipinski definition) is 3. The molecular formula is C22H34F2O3Si. The molecule has 28 heavy (non-hydrogen) atoms. The van der Waals surface area contributed by atoms with Crippen molar-refractivity contribution in [1.82, 2.24) is 0 Å². The number of rotatable bonds is 7. The number of ether oxygens (including phenoxy) is 1. The maximum absolute atomic E-state index is 15.1. The zero-order chi connectivity index (χ0) is 21.8. The van der Waals surface area contributed by atoms with Gasteiger partial charge in [0.2, 0.25) is 0 Å². The summed E-state index contributed by atoms with van der Waals surface area (Å²) in [7, 11) is -2.46. The number of carbonyl (C=O) groups excluding carboxylic acids is 1. The van der Waals surface area contributed by atoms with Crippen LogP contribution < -0.4 is 0 Å². The third-order valence-corrected chi connectivity index (χ3v) is 9.27. The molecule has 0 spiro atoms. The van der Waals surface area contributed by atoms with Crippen molar-refractivity contribution in [1.29, 1.82) is 0 Å². The molecule has 1 rings (SSSR count). The van der Waals surface area contributed by atoms with E-state index in [2.05, 4.69) is 0 Å². The highest BCUT2D eigenvalue weighted by Crippen LogP contribution is 2.40. The maximum atomic E-state index is 15.1. The highest BCUT2D eigenvalue weighted by atomic mass is 28.4. The van der Waals surface area contributed by atoms with Gasteiger partial charge >= 0.3 is 5.97 Å². The molecule has 0 aromatic heterocycles. The van der Waals surface area contributed by atoms with Crippen LogP contribution in [0.4, 0.5) is 8.78 Å². The lowest BCUT2D eigenvalue weighted by atomic mass is 10.0. The Balaban J connectivity index is 3.12. The fourth-order valence-electron chi connectivity index (χ4n) is 2.24. The van der Waals surface area contributed by atoms with E-state index < -0.39 is 31.9 Å². The molecule has 158 valence electrons. The fraction of sp³-hybridized carbons (Fsp3) is 0.591. The van der Waals surface area contributed by atoms with Crippen LogP contribution in [0.2, 0.25) is 18.1 Å². The Bertz CT molecular complexity index is 671. The Hall–Kier alpha value is -1.53. The van der Waals surface area contributed by atoms with E-state index in [1.807, 2.05) is 52.1 Å². The Morgan fingerprint density at radius 2 is 1.61 bits per heavy atom. The summed E-state index contributed by atoms with van der Waals surface area (Å²) in [5, 5.41) is -0.215. The molecule has 1 atom stereocenters. The van der Waals surface area contributed by atoms with Crippen LogP contribution in [0.15, 0.2) is 42.5 Å². The van der Waals surface area contributed by atoms with Crippen molar-refractivity contribution in [2.24, 2.45) is 0 Å². The molecule has 0 saturated carbocycles. The number of hydrogen-bond donors (Lipinski definition) is 0. The quantitative estimate of drug-likeness (QED) is 0.306. The first kappa shape index (κ1) is 24.5. The predicted octanol–water partition coefficient (Wildman–Crippen LogP) is 6.15. The van der Waals surface area contributed by atoms with Gasteiger partial charge in [0.1, 0.15) is 11.7 Å². The minimum atomic E-state index is -3.32. The summed E-state index contributed by atoms with van der Waals surface area (Å²) < 4.78 is 41.4. The minimum Gasteiger partial charge on any atom is -0.457 e. The van der Waals surface area contributed by atoms with Crippen LogP contribution >= 0.6 is 0 Å². The summed E-state index contributed by atoms with van der Waals surface area (Å²) in [5.74, 6) is -4.11. The fourth-order valence-corrected chi connectivity index (χ4v) is 3.54. The molecule has 0 saturated heterocycles. The molecule has 0 aliphatic carbocycles. The summed E-state index contributed by atoms with van der Waals surface area (Å²) in [5.41, 5.74) is 0.0224. The number of alkyl halides is 2. The molecule has 3 nitrogen and oxygen atoms in total. The van der Waals surface area contributed by atoms with Gasteiger partial charge in [-0.3, -0.25) is 0 Å². The third-order valence-electron chi connectivity index (χ3n) is 4.78. The maximum Gasteiger partial charge on any atom is 0.331 e. The van der Waals surface area contributed by atoms with E-state index in [4.69, 9.17) is 9.16 Å². The first-order chi connectivity index (χ1) is 12.5. The van der Waals surface area contributed by atoms with E-state index in [-0.39, 0.29) is 11.5 Å². The summed E-state index contributed by atoms with van der Waals surface area (Å²) in [6.45, 7) is 15.0. The van der Waals surface area contributed by atoms with Gasteiger partial charge in [-0.15, -0.1) is 0 Å². The molecule has 0 fully saturated rings. The molecule has 0 bridgehead atoms. The first-order valence-corrected chi connectivity index (χ1v) is 12.5. The number of esters is 1. The van der Waals surface area contributed by atoms with Crippen LogP contribution in [0.3, 0.4) is 0 Å². The van der Waals surface area contributed by atoms with Gasteiger partial charge in [-0.05, 0) is 50.5 Å². The highest BCUT2D eigenvalue weighted by Gasteiger charge is 2.46. The molecule has 0 aliphatic heterocycles. The zero-order valence-electron chi connectivity index (χ0n) is 18.3. The summed E-state index contributed by atoms with van der Waals surface area (Å²) in [4.78, 5) is 11.9. The molecule has 0 aliphatic rings. The van der Waals surface area contributed by atoms with Crippen molar-refractivity contribution in [2.75, 3.05) is 0 Å². The zero-order valence-corrected chi connectivity index (χ0v) is 19.3. The second kappa shape index (κ2) is 8.87. The largest absolute Gasteiger partial charge is 0.457 e. The van der Waals surface area contributed by atoms with Gasteiger partial charge in [0, 0.05) is 12.5 Å². The average molecular weight is 413 g/mol. The molecule has 0 radical (unpaired) electrons. The lowest BCUT2D eigenvalue weighted by Gasteiger charge is -2.41. The van der Waals surface area contributed by atoms with Crippen LogP contribution in [0.1, 0.15) is 47.1 Å². The molecule has 1 aromatic rings. The molecule has 0 N–H and O–H groups in total. The monoisotopic (exact) mass is 412 g/mol. The van der Waals surface area contributed by atoms with Gasteiger partial charge < -0.3 is 9.16 Å². The van der Waals surface area contributed by atoms with Crippen molar-refractivity contribution >= 4 is 14.3 Å². The van der Waals surface area contributed by atoms with Gasteiger partial charge in [0.25, 0.3) is 5.92 Å². The second-order valence-corrected chi connectivity index (χ2v) is 14.4. The second-order valence-electron chi connectivity index (χ2n) is 9.60. The normalized spacial score (nSPS) is 14.9. The van der Waals surface area contributed by atoms with Crippen molar-refractivity contribution in [3.05, 3.63) is 48.0 Å². The number of halogens is 2. The summed E-state index contributed by atoms with van der Waals surface area (Å²) in [6.07, 6.45) is 0.105. The lowest BCUT2D eigenvalue weighted by molar-refractivity contribution is -0.148. The van der Waals surface area contributed by atoms with E-state index in [1.54, 1.807) is 32.9 Å². The van der Waals surface area contributed by atoms with Crippen molar-refractivity contribution in [3.63, 3.8) is 0 Å². The molecule has 0 heterocycles. The van der Waals surface area contributed by atoms with Crippen LogP contribution in [-0.2, 0) is 20.4 Å². The van der Waals surface area contributed by atoms with E-state index in [0.717, 1.165) is 11.6 Å². The van der Waals surface area contributed by atoms with E-state index in [0.29, 0.717) is 6.08 Å². The molecule has 1 aromatic carbocycles.